The number of fused-ring (bicyclic) bond motifs is 1. The third kappa shape index (κ3) is 5.36. The van der Waals surface area contributed by atoms with Crippen molar-refractivity contribution in [3.63, 3.8) is 0 Å². The third-order valence-corrected chi connectivity index (χ3v) is 5.62. The van der Waals surface area contributed by atoms with Crippen molar-refractivity contribution < 1.29 is 23.8 Å². The van der Waals surface area contributed by atoms with Crippen molar-refractivity contribution in [2.24, 2.45) is 0 Å². The van der Waals surface area contributed by atoms with Gasteiger partial charge in [0.05, 0.1) is 31.4 Å². The van der Waals surface area contributed by atoms with Gasteiger partial charge in [0.1, 0.15) is 0 Å². The van der Waals surface area contributed by atoms with Crippen LogP contribution in [0.3, 0.4) is 0 Å². The van der Waals surface area contributed by atoms with Gasteiger partial charge in [0, 0.05) is 30.6 Å². The van der Waals surface area contributed by atoms with Gasteiger partial charge in [-0.25, -0.2) is 4.98 Å². The number of carbonyl (C=O) groups excluding carboxylic acids is 2. The van der Waals surface area contributed by atoms with E-state index in [0.29, 0.717) is 34.4 Å². The molecule has 9 nitrogen and oxygen atoms in total. The Morgan fingerprint density at radius 3 is 2.50 bits per heavy atom. The summed E-state index contributed by atoms with van der Waals surface area (Å²) in [6.45, 7) is 0.273. The van der Waals surface area contributed by atoms with E-state index in [9.17, 15) is 14.4 Å². The van der Waals surface area contributed by atoms with Crippen LogP contribution in [0.2, 0.25) is 0 Å². The minimum atomic E-state index is -0.998. The molecule has 1 aliphatic carbocycles. The quantitative estimate of drug-likeness (QED) is 0.459. The lowest BCUT2D eigenvalue weighted by atomic mass is 10.1. The summed E-state index contributed by atoms with van der Waals surface area (Å²) in [6, 6.07) is 12.3. The van der Waals surface area contributed by atoms with Gasteiger partial charge < -0.3 is 19.5 Å². The first-order chi connectivity index (χ1) is 16.5. The summed E-state index contributed by atoms with van der Waals surface area (Å²) in [5, 5.41) is 3.28. The van der Waals surface area contributed by atoms with E-state index in [1.165, 1.54) is 25.1 Å². The lowest BCUT2D eigenvalue weighted by Crippen LogP contribution is -2.33. The highest BCUT2D eigenvalue weighted by Gasteiger charge is 2.30. The molecule has 0 saturated heterocycles. The largest absolute Gasteiger partial charge is 0.493 e. The summed E-state index contributed by atoms with van der Waals surface area (Å²) in [7, 11) is 3.01. The third-order valence-electron chi connectivity index (χ3n) is 5.62. The molecule has 178 valence electrons. The van der Waals surface area contributed by atoms with Gasteiger partial charge in [-0.15, -0.1) is 0 Å². The molecule has 1 aliphatic rings. The van der Waals surface area contributed by atoms with Crippen molar-refractivity contribution in [2.75, 3.05) is 14.2 Å². The lowest BCUT2D eigenvalue weighted by molar-refractivity contribution is -0.156. The molecule has 0 radical (unpaired) electrons. The number of nitrogens with zero attached hydrogens (tertiary/aromatic N) is 2. The number of ether oxygens (including phenoxy) is 3. The van der Waals surface area contributed by atoms with Crippen LogP contribution in [0.15, 0.2) is 53.6 Å². The highest BCUT2D eigenvalue weighted by Crippen LogP contribution is 2.30. The van der Waals surface area contributed by atoms with Crippen molar-refractivity contribution in [3.8, 4) is 11.5 Å². The second-order valence-corrected chi connectivity index (χ2v) is 8.13. The van der Waals surface area contributed by atoms with E-state index in [-0.39, 0.29) is 30.5 Å². The van der Waals surface area contributed by atoms with E-state index < -0.39 is 12.1 Å². The summed E-state index contributed by atoms with van der Waals surface area (Å²) in [4.78, 5) is 42.4. The van der Waals surface area contributed by atoms with E-state index in [4.69, 9.17) is 14.2 Å². The average molecular weight is 466 g/mol. The van der Waals surface area contributed by atoms with Gasteiger partial charge >= 0.3 is 5.97 Å². The van der Waals surface area contributed by atoms with Gasteiger partial charge in [-0.05, 0) is 25.3 Å². The minimum Gasteiger partial charge on any atom is -0.493 e. The monoisotopic (exact) mass is 465 g/mol. The van der Waals surface area contributed by atoms with Gasteiger partial charge in [0.25, 0.3) is 11.5 Å². The number of aromatic nitrogens is 2. The van der Waals surface area contributed by atoms with Crippen LogP contribution in [0, 0.1) is 0 Å². The molecule has 1 aromatic heterocycles. The van der Waals surface area contributed by atoms with Gasteiger partial charge in [-0.1, -0.05) is 30.3 Å². The molecular formula is C25H27N3O6. The summed E-state index contributed by atoms with van der Waals surface area (Å²) in [5.74, 6) is 0.0992. The van der Waals surface area contributed by atoms with Crippen LogP contribution in [0.25, 0.3) is 10.9 Å². The highest BCUT2D eigenvalue weighted by molar-refractivity contribution is 5.85. The first kappa shape index (κ1) is 23.3. The Labute approximate surface area is 196 Å². The number of hydrogen-bond donors (Lipinski definition) is 1. The number of methoxy groups -OCH3 is 2. The first-order valence-corrected chi connectivity index (χ1v) is 11.2. The van der Waals surface area contributed by atoms with Crippen LogP contribution >= 0.6 is 0 Å². The summed E-state index contributed by atoms with van der Waals surface area (Å²) in [5.41, 5.74) is 0.865. The number of nitrogens with one attached hydrogen (secondary N) is 1. The Balaban J connectivity index is 1.41. The van der Waals surface area contributed by atoms with Gasteiger partial charge in [0.15, 0.2) is 11.5 Å². The van der Waals surface area contributed by atoms with E-state index >= 15 is 0 Å². The van der Waals surface area contributed by atoms with E-state index in [1.807, 2.05) is 6.07 Å². The summed E-state index contributed by atoms with van der Waals surface area (Å²) in [6.07, 6.45) is 2.73. The van der Waals surface area contributed by atoms with Crippen molar-refractivity contribution >= 4 is 22.8 Å². The average Bonchev–Trinajstić information content (AvgIpc) is 3.67. The normalized spacial score (nSPS) is 13.8. The molecule has 0 aliphatic heterocycles. The van der Waals surface area contributed by atoms with Crippen LogP contribution in [0.4, 0.5) is 0 Å². The maximum Gasteiger partial charge on any atom is 0.306 e. The number of rotatable bonds is 10. The Bertz CT molecular complexity index is 1240. The Kier molecular flexibility index (Phi) is 7.10. The number of benzene rings is 2. The van der Waals surface area contributed by atoms with Crippen LogP contribution in [-0.2, 0) is 20.9 Å². The smallest absolute Gasteiger partial charge is 0.306 e. The fraction of sp³-hybridized carbons (Fsp3) is 0.360. The maximum absolute atomic E-state index is 12.9. The first-order valence-electron chi connectivity index (χ1n) is 11.2. The Morgan fingerprint density at radius 2 is 1.82 bits per heavy atom. The molecule has 3 aromatic rings. The van der Waals surface area contributed by atoms with E-state index in [1.54, 1.807) is 36.4 Å². The second kappa shape index (κ2) is 10.4. The van der Waals surface area contributed by atoms with Crippen molar-refractivity contribution in [1.82, 2.24) is 14.9 Å². The zero-order valence-corrected chi connectivity index (χ0v) is 19.2. The number of aryl methyl sites for hydroxylation is 1. The van der Waals surface area contributed by atoms with Gasteiger partial charge in [-0.3, -0.25) is 19.0 Å². The zero-order chi connectivity index (χ0) is 24.1. The van der Waals surface area contributed by atoms with Crippen molar-refractivity contribution in [3.05, 3.63) is 64.7 Å². The number of carbonyl (C=O) groups is 2. The van der Waals surface area contributed by atoms with Crippen molar-refractivity contribution in [1.29, 1.82) is 0 Å². The predicted molar refractivity (Wildman–Crippen MR) is 125 cm³/mol. The van der Waals surface area contributed by atoms with E-state index in [0.717, 1.165) is 12.8 Å². The highest BCUT2D eigenvalue weighted by atomic mass is 16.5. The molecule has 0 bridgehead atoms. The van der Waals surface area contributed by atoms with Crippen LogP contribution < -0.4 is 20.3 Å². The fourth-order valence-electron chi connectivity index (χ4n) is 3.63. The topological polar surface area (TPSA) is 109 Å². The summed E-state index contributed by atoms with van der Waals surface area (Å²) >= 11 is 0. The number of esters is 1. The van der Waals surface area contributed by atoms with Crippen LogP contribution in [0.1, 0.15) is 37.4 Å². The Hall–Kier alpha value is -3.88. The molecule has 1 amide bonds. The molecule has 4 rings (SSSR count). The number of amides is 1. The second-order valence-electron chi connectivity index (χ2n) is 8.13. The molecule has 34 heavy (non-hydrogen) atoms. The molecule has 1 N–H and O–H groups in total. The zero-order valence-electron chi connectivity index (χ0n) is 19.2. The Morgan fingerprint density at radius 1 is 1.12 bits per heavy atom. The van der Waals surface area contributed by atoms with Crippen LogP contribution in [0.5, 0.6) is 11.5 Å². The minimum absolute atomic E-state index is 0.0520. The predicted octanol–water partition coefficient (Wildman–Crippen LogP) is 2.76. The molecule has 1 atom stereocenters. The number of hydrogen-bond acceptors (Lipinski definition) is 7. The SMILES string of the molecule is COc1cc2ncn(CCCC(=O)OC(C(=O)NC3CC3)c3ccccc3)c(=O)c2cc1OC. The molecule has 1 heterocycles. The molecule has 0 spiro atoms. The van der Waals surface area contributed by atoms with Gasteiger partial charge in [0.2, 0.25) is 6.10 Å². The molecule has 2 aromatic carbocycles. The molecule has 9 heteroatoms. The maximum atomic E-state index is 12.9. The molecule has 1 unspecified atom stereocenters. The lowest BCUT2D eigenvalue weighted by Gasteiger charge is -2.18. The molecule has 1 fully saturated rings. The summed E-state index contributed by atoms with van der Waals surface area (Å²) < 4.78 is 17.5. The van der Waals surface area contributed by atoms with Gasteiger partial charge in [-0.2, -0.15) is 0 Å². The van der Waals surface area contributed by atoms with E-state index in [2.05, 4.69) is 10.3 Å². The molecule has 1 saturated carbocycles. The van der Waals surface area contributed by atoms with Crippen molar-refractivity contribution in [2.45, 2.75) is 44.4 Å². The fourth-order valence-corrected chi connectivity index (χ4v) is 3.63. The standard InChI is InChI=1S/C25H27N3O6/c1-32-20-13-18-19(14-21(20)33-2)26-15-28(25(18)31)12-6-9-22(29)34-23(16-7-4-3-5-8-16)24(30)27-17-10-11-17/h3-5,7-8,13-15,17,23H,6,9-12H2,1-2H3,(H,27,30). The molecular weight excluding hydrogens is 438 g/mol. The van der Waals surface area contributed by atoms with Crippen LogP contribution in [-0.4, -0.2) is 41.7 Å².